The molecule has 1 unspecified atom stereocenters. The predicted octanol–water partition coefficient (Wildman–Crippen LogP) is 6.56. The van der Waals surface area contributed by atoms with E-state index < -0.39 is 114 Å². The first-order chi connectivity index (χ1) is 18.7. The van der Waals surface area contributed by atoms with E-state index in [2.05, 4.69) is 0 Å². The highest BCUT2D eigenvalue weighted by atomic mass is 32.1. The SMILES string of the molecule is O=C1C(=O)c2cc(C(O)c3c(F)c(F)c(F)c(F)c3F)sc2-c2sc(C(=O)c3c(F)c(F)c(F)c(F)c3F)cc21. The van der Waals surface area contributed by atoms with Gasteiger partial charge in [0.05, 0.1) is 20.2 Å². The number of carbonyl (C=O) groups is 3. The summed E-state index contributed by atoms with van der Waals surface area (Å²) in [5.74, 6) is -28.6. The van der Waals surface area contributed by atoms with Gasteiger partial charge in [0.2, 0.25) is 29.0 Å². The number of aliphatic hydroxyl groups is 1. The second-order valence-corrected chi connectivity index (χ2v) is 10.2. The molecule has 0 fully saturated rings. The highest BCUT2D eigenvalue weighted by molar-refractivity contribution is 7.24. The second kappa shape index (κ2) is 9.35. The number of aliphatic hydroxyl groups excluding tert-OH is 1. The molecule has 0 saturated heterocycles. The Morgan fingerprint density at radius 1 is 0.600 bits per heavy atom. The molecule has 0 bridgehead atoms. The van der Waals surface area contributed by atoms with Crippen LogP contribution < -0.4 is 0 Å². The quantitative estimate of drug-likeness (QED) is 0.0935. The van der Waals surface area contributed by atoms with E-state index in [-0.39, 0.29) is 21.1 Å². The fourth-order valence-corrected chi connectivity index (χ4v) is 6.31. The Labute approximate surface area is 221 Å². The van der Waals surface area contributed by atoms with Crippen molar-refractivity contribution in [2.75, 3.05) is 0 Å². The van der Waals surface area contributed by atoms with E-state index in [0.717, 1.165) is 6.07 Å². The van der Waals surface area contributed by atoms with Gasteiger partial charge in [-0.25, -0.2) is 43.9 Å². The molecule has 5 rings (SSSR count). The van der Waals surface area contributed by atoms with Gasteiger partial charge in [0.25, 0.3) is 0 Å². The Morgan fingerprint density at radius 2 is 1.00 bits per heavy atom. The minimum absolute atomic E-state index is 0.251. The van der Waals surface area contributed by atoms with Gasteiger partial charge in [-0.2, -0.15) is 0 Å². The van der Waals surface area contributed by atoms with E-state index in [1.54, 1.807) is 0 Å². The number of rotatable bonds is 4. The molecule has 16 heteroatoms. The smallest absolute Gasteiger partial charge is 0.235 e. The number of hydrogen-bond donors (Lipinski definition) is 1. The molecule has 1 aliphatic rings. The fourth-order valence-electron chi connectivity index (χ4n) is 3.90. The van der Waals surface area contributed by atoms with Crippen molar-refractivity contribution in [1.29, 1.82) is 0 Å². The number of thiophene rings is 2. The van der Waals surface area contributed by atoms with E-state index in [1.165, 1.54) is 0 Å². The summed E-state index contributed by atoms with van der Waals surface area (Å²) in [7, 11) is 0. The molecule has 0 aliphatic heterocycles. The van der Waals surface area contributed by atoms with Crippen molar-refractivity contribution < 1.29 is 63.4 Å². The minimum atomic E-state index is -2.54. The topological polar surface area (TPSA) is 71.4 Å². The lowest BCUT2D eigenvalue weighted by Gasteiger charge is -2.13. The van der Waals surface area contributed by atoms with Gasteiger partial charge in [0.1, 0.15) is 11.7 Å². The normalized spacial score (nSPS) is 13.5. The lowest BCUT2D eigenvalue weighted by Crippen LogP contribution is -2.18. The maximum atomic E-state index is 14.2. The molecule has 0 spiro atoms. The molecule has 4 aromatic rings. The maximum absolute atomic E-state index is 14.2. The van der Waals surface area contributed by atoms with Crippen molar-refractivity contribution in [3.63, 3.8) is 0 Å². The molecule has 0 saturated carbocycles. The molecule has 0 radical (unpaired) electrons. The van der Waals surface area contributed by atoms with Crippen LogP contribution in [0.1, 0.15) is 52.5 Å². The standard InChI is InChI=1S/C24H4F10O4S2/c25-9-7(10(26)14(30)17(33)13(9)29)21(37)5-1-3-19(35)20(36)4-2-6(40-24(4)23(3)39-5)22(38)8-11(27)15(31)18(34)16(32)12(8)28/h1-2,21,37H. The zero-order chi connectivity index (χ0) is 29.5. The van der Waals surface area contributed by atoms with Crippen LogP contribution in [0.25, 0.3) is 9.75 Å². The van der Waals surface area contributed by atoms with E-state index >= 15 is 0 Å². The molecule has 1 aliphatic carbocycles. The fraction of sp³-hybridized carbons (Fsp3) is 0.0417. The third-order valence-corrected chi connectivity index (χ3v) is 8.32. The van der Waals surface area contributed by atoms with Crippen LogP contribution in [0.15, 0.2) is 12.1 Å². The summed E-state index contributed by atoms with van der Waals surface area (Å²) >= 11 is 0.611. The number of fused-ring (bicyclic) bond motifs is 3. The highest BCUT2D eigenvalue weighted by Gasteiger charge is 2.39. The number of Topliss-reactive ketones (excluding diaryl/α,β-unsaturated/α-hetero) is 2. The molecule has 206 valence electrons. The third-order valence-electron chi connectivity index (χ3n) is 5.83. The lowest BCUT2D eigenvalue weighted by molar-refractivity contribution is 0.0816. The highest BCUT2D eigenvalue weighted by Crippen LogP contribution is 2.47. The Bertz CT molecular complexity index is 1780. The molecule has 4 nitrogen and oxygen atoms in total. The van der Waals surface area contributed by atoms with Gasteiger partial charge >= 0.3 is 0 Å². The third kappa shape index (κ3) is 3.73. The van der Waals surface area contributed by atoms with Crippen LogP contribution in [-0.2, 0) is 0 Å². The van der Waals surface area contributed by atoms with Crippen molar-refractivity contribution in [2.45, 2.75) is 6.10 Å². The van der Waals surface area contributed by atoms with Crippen molar-refractivity contribution in [3.8, 4) is 9.75 Å². The minimum Gasteiger partial charge on any atom is -0.383 e. The van der Waals surface area contributed by atoms with Gasteiger partial charge in [0.15, 0.2) is 46.5 Å². The average molecular weight is 610 g/mol. The number of halogens is 10. The first kappa shape index (κ1) is 27.7. The number of carbonyl (C=O) groups excluding carboxylic acids is 3. The van der Waals surface area contributed by atoms with E-state index in [9.17, 15) is 63.4 Å². The molecule has 1 atom stereocenters. The first-order valence-electron chi connectivity index (χ1n) is 10.3. The summed E-state index contributed by atoms with van der Waals surface area (Å²) < 4.78 is 138. The molecule has 40 heavy (non-hydrogen) atoms. The summed E-state index contributed by atoms with van der Waals surface area (Å²) in [6.07, 6.45) is -2.54. The molecular formula is C24H4F10O4S2. The van der Waals surface area contributed by atoms with Gasteiger partial charge in [0, 0.05) is 16.0 Å². The number of ketones is 3. The Hall–Kier alpha value is -3.89. The van der Waals surface area contributed by atoms with Gasteiger partial charge in [-0.15, -0.1) is 22.7 Å². The Morgan fingerprint density at radius 3 is 1.50 bits per heavy atom. The summed E-state index contributed by atoms with van der Waals surface area (Å²) in [6, 6.07) is 1.39. The largest absolute Gasteiger partial charge is 0.383 e. The van der Waals surface area contributed by atoms with Gasteiger partial charge in [-0.05, 0) is 12.1 Å². The van der Waals surface area contributed by atoms with Gasteiger partial charge in [-0.1, -0.05) is 0 Å². The average Bonchev–Trinajstić information content (AvgIpc) is 3.57. The molecular weight excluding hydrogens is 606 g/mol. The van der Waals surface area contributed by atoms with Gasteiger partial charge in [-0.3, -0.25) is 14.4 Å². The van der Waals surface area contributed by atoms with Crippen molar-refractivity contribution in [2.24, 2.45) is 0 Å². The summed E-state index contributed by atoms with van der Waals surface area (Å²) in [6.45, 7) is 0. The van der Waals surface area contributed by atoms with E-state index in [1.807, 2.05) is 0 Å². The molecule has 2 heterocycles. The molecule has 2 aromatic carbocycles. The second-order valence-electron chi connectivity index (χ2n) is 8.06. The summed E-state index contributed by atoms with van der Waals surface area (Å²) in [5.41, 5.74) is -4.57. The van der Waals surface area contributed by atoms with Crippen LogP contribution in [0.4, 0.5) is 43.9 Å². The predicted molar refractivity (Wildman–Crippen MR) is 116 cm³/mol. The van der Waals surface area contributed by atoms with Crippen molar-refractivity contribution in [3.05, 3.63) is 102 Å². The zero-order valence-electron chi connectivity index (χ0n) is 18.5. The van der Waals surface area contributed by atoms with Gasteiger partial charge < -0.3 is 5.11 Å². The number of hydrogen-bond acceptors (Lipinski definition) is 6. The van der Waals surface area contributed by atoms with Crippen LogP contribution in [0.3, 0.4) is 0 Å². The summed E-state index contributed by atoms with van der Waals surface area (Å²) in [4.78, 5) is 36.2. The van der Waals surface area contributed by atoms with E-state index in [4.69, 9.17) is 0 Å². The molecule has 2 aromatic heterocycles. The maximum Gasteiger partial charge on any atom is 0.235 e. The van der Waals surface area contributed by atoms with E-state index in [0.29, 0.717) is 17.4 Å². The van der Waals surface area contributed by atoms with Crippen molar-refractivity contribution >= 4 is 40.0 Å². The van der Waals surface area contributed by atoms with Crippen LogP contribution in [-0.4, -0.2) is 22.5 Å². The van der Waals surface area contributed by atoms with Crippen LogP contribution in [0, 0.1) is 58.2 Å². The van der Waals surface area contributed by atoms with Crippen LogP contribution in [0.5, 0.6) is 0 Å². The summed E-state index contributed by atoms with van der Waals surface area (Å²) in [5, 5.41) is 10.5. The lowest BCUT2D eigenvalue weighted by atomic mass is 9.94. The molecule has 0 amide bonds. The Kier molecular flexibility index (Phi) is 6.47. The number of benzene rings is 2. The van der Waals surface area contributed by atoms with Crippen LogP contribution in [0.2, 0.25) is 0 Å². The zero-order valence-corrected chi connectivity index (χ0v) is 20.1. The first-order valence-corrected chi connectivity index (χ1v) is 11.9. The van der Waals surface area contributed by atoms with Crippen LogP contribution >= 0.6 is 22.7 Å². The van der Waals surface area contributed by atoms with Crippen molar-refractivity contribution in [1.82, 2.24) is 0 Å². The monoisotopic (exact) mass is 610 g/mol. The Balaban J connectivity index is 1.64. The molecule has 1 N–H and O–H groups in total.